The zero-order chi connectivity index (χ0) is 18.5. The van der Waals surface area contributed by atoms with Crippen LogP contribution in [0.3, 0.4) is 0 Å². The van der Waals surface area contributed by atoms with Gasteiger partial charge in [-0.15, -0.1) is 0 Å². The Labute approximate surface area is 149 Å². The van der Waals surface area contributed by atoms with E-state index >= 15 is 0 Å². The number of sulfonamides is 1. The van der Waals surface area contributed by atoms with Crippen LogP contribution in [-0.2, 0) is 17.1 Å². The maximum absolute atomic E-state index is 12.6. The fourth-order valence-corrected chi connectivity index (χ4v) is 4.38. The predicted molar refractivity (Wildman–Crippen MR) is 92.3 cm³/mol. The van der Waals surface area contributed by atoms with E-state index in [1.165, 1.54) is 10.9 Å². The molecule has 0 bridgehead atoms. The van der Waals surface area contributed by atoms with Crippen LogP contribution in [0.1, 0.15) is 27.4 Å². The number of carbonyl (C=O) groups is 1. The molecule has 0 unspecified atom stereocenters. The summed E-state index contributed by atoms with van der Waals surface area (Å²) in [4.78, 5) is 16.5. The van der Waals surface area contributed by atoms with Crippen molar-refractivity contribution in [3.63, 3.8) is 0 Å². The molecular formula is C15H16ClN5O3S. The number of nitrogens with zero attached hydrogens (tertiary/aromatic N) is 4. The van der Waals surface area contributed by atoms with Crippen LogP contribution in [-0.4, -0.2) is 33.5 Å². The van der Waals surface area contributed by atoms with Crippen molar-refractivity contribution in [3.05, 3.63) is 46.1 Å². The van der Waals surface area contributed by atoms with Gasteiger partial charge in [0.2, 0.25) is 0 Å². The highest BCUT2D eigenvalue weighted by Crippen LogP contribution is 2.20. The molecule has 0 atom stereocenters. The van der Waals surface area contributed by atoms with Crippen molar-refractivity contribution >= 4 is 33.2 Å². The number of hydrogen-bond donors (Lipinski definition) is 1. The summed E-state index contributed by atoms with van der Waals surface area (Å²) in [6.07, 6.45) is 3.18. The Morgan fingerprint density at radius 1 is 1.24 bits per heavy atom. The predicted octanol–water partition coefficient (Wildman–Crippen LogP) is 1.77. The van der Waals surface area contributed by atoms with Gasteiger partial charge >= 0.3 is 0 Å². The van der Waals surface area contributed by atoms with Crippen molar-refractivity contribution in [3.8, 4) is 0 Å². The number of aryl methyl sites for hydroxylation is 3. The number of carbonyl (C=O) groups excluding carboxylic acids is 1. The van der Waals surface area contributed by atoms with Crippen LogP contribution in [0, 0.1) is 20.8 Å². The van der Waals surface area contributed by atoms with Crippen LogP contribution in [0.5, 0.6) is 0 Å². The van der Waals surface area contributed by atoms with Crippen molar-refractivity contribution in [1.29, 1.82) is 0 Å². The Bertz CT molecular complexity index is 1110. The largest absolute Gasteiger partial charge is 0.305 e. The number of halogens is 1. The maximum atomic E-state index is 12.6. The van der Waals surface area contributed by atoms with Gasteiger partial charge in [-0.25, -0.2) is 18.1 Å². The molecule has 8 nitrogen and oxygen atoms in total. The zero-order valence-corrected chi connectivity index (χ0v) is 15.6. The first-order valence-electron chi connectivity index (χ1n) is 7.32. The van der Waals surface area contributed by atoms with Crippen LogP contribution in [0.2, 0.25) is 5.02 Å². The van der Waals surface area contributed by atoms with Crippen molar-refractivity contribution < 1.29 is 13.2 Å². The molecule has 3 rings (SSSR count). The molecule has 10 heteroatoms. The molecule has 3 aromatic heterocycles. The minimum absolute atomic E-state index is 0.0130. The Kier molecular flexibility index (Phi) is 4.08. The normalized spacial score (nSPS) is 11.9. The Balaban J connectivity index is 1.98. The van der Waals surface area contributed by atoms with Gasteiger partial charge in [0.1, 0.15) is 10.6 Å². The first-order valence-corrected chi connectivity index (χ1v) is 9.18. The fraction of sp³-hybridized carbons (Fsp3) is 0.267. The molecule has 0 saturated heterocycles. The molecule has 3 aromatic rings. The summed E-state index contributed by atoms with van der Waals surface area (Å²) in [5, 5.41) is 4.44. The van der Waals surface area contributed by atoms with Crippen LogP contribution in [0.15, 0.2) is 23.4 Å². The molecule has 3 heterocycles. The van der Waals surface area contributed by atoms with E-state index in [-0.39, 0.29) is 10.6 Å². The van der Waals surface area contributed by atoms with Crippen molar-refractivity contribution in [2.24, 2.45) is 7.05 Å². The zero-order valence-electron chi connectivity index (χ0n) is 14.0. The van der Waals surface area contributed by atoms with Crippen LogP contribution in [0.25, 0.3) is 5.65 Å². The van der Waals surface area contributed by atoms with Crippen LogP contribution >= 0.6 is 11.6 Å². The molecule has 0 aliphatic rings. The molecule has 1 amide bonds. The van der Waals surface area contributed by atoms with Gasteiger partial charge < -0.3 is 4.40 Å². The minimum atomic E-state index is -4.07. The van der Waals surface area contributed by atoms with Crippen molar-refractivity contribution in [2.75, 3.05) is 0 Å². The third kappa shape index (κ3) is 3.00. The van der Waals surface area contributed by atoms with E-state index < -0.39 is 15.9 Å². The van der Waals surface area contributed by atoms with Gasteiger partial charge in [0.25, 0.3) is 15.9 Å². The third-order valence-electron chi connectivity index (χ3n) is 3.81. The lowest BCUT2D eigenvalue weighted by molar-refractivity contribution is 0.0977. The Morgan fingerprint density at radius 2 is 1.92 bits per heavy atom. The standard InChI is InChI=1S/C15H16ClN5O3S/c1-8-5-11(16)14-17-12(7-21(14)6-8)15(22)19-25(23,24)13-9(2)18-20(4)10(13)3/h5-7H,1-4H3,(H,19,22). The van der Waals surface area contributed by atoms with Gasteiger partial charge in [-0.05, 0) is 32.4 Å². The van der Waals surface area contributed by atoms with E-state index in [9.17, 15) is 13.2 Å². The summed E-state index contributed by atoms with van der Waals surface area (Å²) in [6, 6.07) is 1.71. The summed E-state index contributed by atoms with van der Waals surface area (Å²) in [5.74, 6) is -0.833. The molecule has 132 valence electrons. The van der Waals surface area contributed by atoms with E-state index in [1.807, 2.05) is 11.6 Å². The second-order valence-corrected chi connectivity index (χ2v) is 7.81. The lowest BCUT2D eigenvalue weighted by atomic mass is 10.3. The highest BCUT2D eigenvalue weighted by Gasteiger charge is 2.27. The van der Waals surface area contributed by atoms with Gasteiger partial charge in [-0.3, -0.25) is 9.48 Å². The Hall–Kier alpha value is -2.39. The van der Waals surface area contributed by atoms with E-state index in [0.29, 0.717) is 22.1 Å². The molecule has 25 heavy (non-hydrogen) atoms. The minimum Gasteiger partial charge on any atom is -0.305 e. The molecule has 0 aliphatic heterocycles. The van der Waals surface area contributed by atoms with Crippen LogP contribution < -0.4 is 4.72 Å². The number of aromatic nitrogens is 4. The summed E-state index contributed by atoms with van der Waals surface area (Å²) in [5.41, 5.74) is 1.97. The first kappa shape index (κ1) is 17.4. The van der Waals surface area contributed by atoms with Gasteiger partial charge in [-0.1, -0.05) is 11.6 Å². The van der Waals surface area contributed by atoms with Gasteiger partial charge in [0.15, 0.2) is 5.65 Å². The molecule has 0 spiro atoms. The number of hydrogen-bond acceptors (Lipinski definition) is 5. The average Bonchev–Trinajstić information content (AvgIpc) is 3.00. The topological polar surface area (TPSA) is 98.4 Å². The monoisotopic (exact) mass is 381 g/mol. The molecule has 0 aromatic carbocycles. The number of rotatable bonds is 3. The Morgan fingerprint density at radius 3 is 2.52 bits per heavy atom. The van der Waals surface area contributed by atoms with Gasteiger partial charge in [-0.2, -0.15) is 5.10 Å². The molecular weight excluding hydrogens is 366 g/mol. The van der Waals surface area contributed by atoms with E-state index in [1.54, 1.807) is 37.6 Å². The smallest absolute Gasteiger partial charge is 0.285 e. The number of amides is 1. The summed E-state index contributed by atoms with van der Waals surface area (Å²) < 4.78 is 30.2. The van der Waals surface area contributed by atoms with Gasteiger partial charge in [0.05, 0.1) is 16.4 Å². The second-order valence-electron chi connectivity index (χ2n) is 5.78. The van der Waals surface area contributed by atoms with Crippen molar-refractivity contribution in [2.45, 2.75) is 25.7 Å². The molecule has 0 fully saturated rings. The van der Waals surface area contributed by atoms with Crippen molar-refractivity contribution in [1.82, 2.24) is 23.9 Å². The highest BCUT2D eigenvalue weighted by molar-refractivity contribution is 7.90. The quantitative estimate of drug-likeness (QED) is 0.745. The maximum Gasteiger partial charge on any atom is 0.285 e. The summed E-state index contributed by atoms with van der Waals surface area (Å²) >= 11 is 6.11. The third-order valence-corrected chi connectivity index (χ3v) is 5.67. The fourth-order valence-electron chi connectivity index (χ4n) is 2.67. The summed E-state index contributed by atoms with van der Waals surface area (Å²) in [7, 11) is -2.43. The number of fused-ring (bicyclic) bond motifs is 1. The average molecular weight is 382 g/mol. The lowest BCUT2D eigenvalue weighted by Crippen LogP contribution is -2.31. The molecule has 1 N–H and O–H groups in total. The van der Waals surface area contributed by atoms with E-state index in [0.717, 1.165) is 5.56 Å². The number of pyridine rings is 1. The van der Waals surface area contributed by atoms with E-state index in [4.69, 9.17) is 11.6 Å². The molecule has 0 radical (unpaired) electrons. The SMILES string of the molecule is Cc1cc(Cl)c2nc(C(=O)NS(=O)(=O)c3c(C)nn(C)c3C)cn2c1. The molecule has 0 aliphatic carbocycles. The highest BCUT2D eigenvalue weighted by atomic mass is 35.5. The van der Waals surface area contributed by atoms with Crippen LogP contribution in [0.4, 0.5) is 0 Å². The van der Waals surface area contributed by atoms with E-state index in [2.05, 4.69) is 10.1 Å². The summed E-state index contributed by atoms with van der Waals surface area (Å²) in [6.45, 7) is 5.04. The number of imidazole rings is 1. The van der Waals surface area contributed by atoms with Gasteiger partial charge in [0, 0.05) is 19.4 Å². The molecule has 0 saturated carbocycles. The first-order chi connectivity index (χ1) is 11.6. The number of nitrogens with one attached hydrogen (secondary N) is 1. The lowest BCUT2D eigenvalue weighted by Gasteiger charge is -2.05. The second kappa shape index (κ2) is 5.85.